The monoisotopic (exact) mass is 448 g/mol. The molecule has 0 saturated heterocycles. The van der Waals surface area contributed by atoms with Crippen LogP contribution in [0.4, 0.5) is 4.79 Å². The van der Waals surface area contributed by atoms with Crippen LogP contribution in [0.3, 0.4) is 0 Å². The molecule has 2 aromatic rings. The lowest BCUT2D eigenvalue weighted by molar-refractivity contribution is -0.139. The first-order valence-corrected chi connectivity index (χ1v) is 11.6. The molecule has 7 heteroatoms. The highest BCUT2D eigenvalue weighted by Gasteiger charge is 2.43. The third-order valence-electron chi connectivity index (χ3n) is 7.00. The second kappa shape index (κ2) is 8.89. The number of fused-ring (bicyclic) bond motifs is 3. The topological polar surface area (TPSA) is 105 Å². The Bertz CT molecular complexity index is 1030. The molecule has 0 bridgehead atoms. The van der Waals surface area contributed by atoms with Crippen molar-refractivity contribution in [2.75, 3.05) is 13.2 Å². The second-order valence-electron chi connectivity index (χ2n) is 9.39. The summed E-state index contributed by atoms with van der Waals surface area (Å²) in [5.74, 6) is -1.10. The number of carboxylic acids is 1. The number of alkyl carbamates (subject to hydrolysis) is 1. The predicted molar refractivity (Wildman–Crippen MR) is 122 cm³/mol. The molecule has 2 fully saturated rings. The molecule has 5 rings (SSSR count). The molecule has 172 valence electrons. The van der Waals surface area contributed by atoms with Crippen LogP contribution in [0.1, 0.15) is 42.7 Å². The van der Waals surface area contributed by atoms with Gasteiger partial charge in [-0.25, -0.2) is 4.79 Å². The number of benzene rings is 2. The van der Waals surface area contributed by atoms with E-state index in [-0.39, 0.29) is 30.3 Å². The number of ether oxygens (including phenoxy) is 1. The van der Waals surface area contributed by atoms with Gasteiger partial charge in [-0.05, 0) is 46.9 Å². The van der Waals surface area contributed by atoms with E-state index in [0.717, 1.165) is 35.1 Å². The van der Waals surface area contributed by atoms with E-state index in [2.05, 4.69) is 34.9 Å². The molecular weight excluding hydrogens is 420 g/mol. The van der Waals surface area contributed by atoms with Gasteiger partial charge in [0.25, 0.3) is 0 Å². The molecule has 2 aromatic carbocycles. The molecule has 2 amide bonds. The average molecular weight is 449 g/mol. The number of amides is 2. The summed E-state index contributed by atoms with van der Waals surface area (Å²) in [6, 6.07) is 15.6. The lowest BCUT2D eigenvalue weighted by Gasteiger charge is -2.20. The van der Waals surface area contributed by atoms with Crippen molar-refractivity contribution in [2.45, 2.75) is 37.6 Å². The van der Waals surface area contributed by atoms with Gasteiger partial charge in [-0.2, -0.15) is 0 Å². The lowest BCUT2D eigenvalue weighted by atomic mass is 9.98. The molecule has 3 N–H and O–H groups in total. The van der Waals surface area contributed by atoms with E-state index in [1.165, 1.54) is 0 Å². The Morgan fingerprint density at radius 1 is 1.00 bits per heavy atom. The van der Waals surface area contributed by atoms with E-state index in [0.29, 0.717) is 25.3 Å². The molecule has 0 aromatic heterocycles. The van der Waals surface area contributed by atoms with Gasteiger partial charge in [0.05, 0.1) is 5.92 Å². The fourth-order valence-electron chi connectivity index (χ4n) is 4.83. The van der Waals surface area contributed by atoms with Gasteiger partial charge in [-0.3, -0.25) is 9.59 Å². The summed E-state index contributed by atoms with van der Waals surface area (Å²) in [7, 11) is 0. The Balaban J connectivity index is 1.18. The summed E-state index contributed by atoms with van der Waals surface area (Å²) < 4.78 is 5.60. The number of hydrogen-bond donors (Lipinski definition) is 3. The zero-order valence-corrected chi connectivity index (χ0v) is 18.3. The molecule has 0 heterocycles. The molecule has 3 aliphatic carbocycles. The van der Waals surface area contributed by atoms with Crippen molar-refractivity contribution in [3.8, 4) is 11.1 Å². The van der Waals surface area contributed by atoms with E-state index >= 15 is 0 Å². The summed E-state index contributed by atoms with van der Waals surface area (Å²) in [5.41, 5.74) is 4.59. The molecule has 0 aliphatic heterocycles. The Morgan fingerprint density at radius 3 is 2.21 bits per heavy atom. The maximum absolute atomic E-state index is 12.7. The molecule has 7 nitrogen and oxygen atoms in total. The van der Waals surface area contributed by atoms with Gasteiger partial charge in [0.15, 0.2) is 0 Å². The van der Waals surface area contributed by atoms with Crippen LogP contribution in [0.25, 0.3) is 11.1 Å². The van der Waals surface area contributed by atoms with Gasteiger partial charge in [-0.15, -0.1) is 0 Å². The van der Waals surface area contributed by atoms with E-state index < -0.39 is 18.1 Å². The average Bonchev–Trinajstić information content (AvgIpc) is 3.74. The summed E-state index contributed by atoms with van der Waals surface area (Å²) in [4.78, 5) is 36.3. The SMILES string of the molecule is O=C(N[C@@H](CC1CC1)C(=O)NCC1CC1C(=O)O)OCC1c2ccccc2-c2ccccc21. The highest BCUT2D eigenvalue weighted by Crippen LogP contribution is 2.44. The zero-order chi connectivity index (χ0) is 22.9. The number of carbonyl (C=O) groups excluding carboxylic acids is 2. The van der Waals surface area contributed by atoms with Crippen LogP contribution < -0.4 is 10.6 Å². The van der Waals surface area contributed by atoms with E-state index in [4.69, 9.17) is 9.84 Å². The summed E-state index contributed by atoms with van der Waals surface area (Å²) in [5, 5.41) is 14.6. The highest BCUT2D eigenvalue weighted by molar-refractivity contribution is 5.86. The fourth-order valence-corrected chi connectivity index (χ4v) is 4.83. The smallest absolute Gasteiger partial charge is 0.407 e. The third-order valence-corrected chi connectivity index (χ3v) is 7.00. The van der Waals surface area contributed by atoms with Crippen LogP contribution in [-0.4, -0.2) is 42.3 Å². The minimum Gasteiger partial charge on any atom is -0.481 e. The van der Waals surface area contributed by atoms with Gasteiger partial charge in [0, 0.05) is 12.5 Å². The number of nitrogens with one attached hydrogen (secondary N) is 2. The van der Waals surface area contributed by atoms with Gasteiger partial charge >= 0.3 is 12.1 Å². The number of carboxylic acid groups (broad SMARTS) is 1. The van der Waals surface area contributed by atoms with Crippen molar-refractivity contribution in [1.29, 1.82) is 0 Å². The first-order valence-electron chi connectivity index (χ1n) is 11.6. The highest BCUT2D eigenvalue weighted by atomic mass is 16.5. The minimum absolute atomic E-state index is 0.0255. The minimum atomic E-state index is -0.819. The third kappa shape index (κ3) is 4.72. The molecule has 33 heavy (non-hydrogen) atoms. The van der Waals surface area contributed by atoms with Crippen molar-refractivity contribution >= 4 is 18.0 Å². The fraction of sp³-hybridized carbons (Fsp3) is 0.423. The quantitative estimate of drug-likeness (QED) is 0.544. The number of rotatable bonds is 9. The summed E-state index contributed by atoms with van der Waals surface area (Å²) in [6.45, 7) is 0.517. The Kier molecular flexibility index (Phi) is 5.79. The molecule has 3 atom stereocenters. The maximum Gasteiger partial charge on any atom is 0.407 e. The Hall–Kier alpha value is -3.35. The van der Waals surface area contributed by atoms with Crippen molar-refractivity contribution in [3.05, 3.63) is 59.7 Å². The Morgan fingerprint density at radius 2 is 1.64 bits per heavy atom. The summed E-state index contributed by atoms with van der Waals surface area (Å²) >= 11 is 0. The zero-order valence-electron chi connectivity index (χ0n) is 18.3. The van der Waals surface area contributed by atoms with Crippen molar-refractivity contribution < 1.29 is 24.2 Å². The molecule has 2 saturated carbocycles. The van der Waals surface area contributed by atoms with E-state index in [1.807, 2.05) is 24.3 Å². The van der Waals surface area contributed by atoms with Gasteiger partial charge in [-0.1, -0.05) is 61.4 Å². The normalized spacial score (nSPS) is 21.5. The van der Waals surface area contributed by atoms with Gasteiger partial charge < -0.3 is 20.5 Å². The van der Waals surface area contributed by atoms with Gasteiger partial charge in [0.2, 0.25) is 5.91 Å². The van der Waals surface area contributed by atoms with Crippen LogP contribution >= 0.6 is 0 Å². The number of aliphatic carboxylic acids is 1. The molecule has 2 unspecified atom stereocenters. The van der Waals surface area contributed by atoms with E-state index in [9.17, 15) is 14.4 Å². The maximum atomic E-state index is 12.7. The number of carbonyl (C=O) groups is 3. The van der Waals surface area contributed by atoms with Crippen molar-refractivity contribution in [3.63, 3.8) is 0 Å². The predicted octanol–water partition coefficient (Wildman–Crippen LogP) is 3.53. The number of hydrogen-bond acceptors (Lipinski definition) is 4. The molecular formula is C26H28N2O5. The van der Waals surface area contributed by atoms with Gasteiger partial charge in [0.1, 0.15) is 12.6 Å². The van der Waals surface area contributed by atoms with Crippen LogP contribution in [0.2, 0.25) is 0 Å². The first kappa shape index (κ1) is 21.5. The molecule has 0 radical (unpaired) electrons. The van der Waals surface area contributed by atoms with Crippen LogP contribution in [0.15, 0.2) is 48.5 Å². The Labute approximate surface area is 192 Å². The molecule has 0 spiro atoms. The van der Waals surface area contributed by atoms with Crippen molar-refractivity contribution in [2.24, 2.45) is 17.8 Å². The molecule has 3 aliphatic rings. The van der Waals surface area contributed by atoms with Crippen LogP contribution in [0, 0.1) is 17.8 Å². The second-order valence-corrected chi connectivity index (χ2v) is 9.39. The van der Waals surface area contributed by atoms with E-state index in [1.54, 1.807) is 0 Å². The van der Waals surface area contributed by atoms with Crippen LogP contribution in [-0.2, 0) is 14.3 Å². The van der Waals surface area contributed by atoms with Crippen LogP contribution in [0.5, 0.6) is 0 Å². The summed E-state index contributed by atoms with van der Waals surface area (Å²) in [6.07, 6.45) is 2.67. The first-order chi connectivity index (χ1) is 16.0. The lowest BCUT2D eigenvalue weighted by Crippen LogP contribution is -2.48. The largest absolute Gasteiger partial charge is 0.481 e. The van der Waals surface area contributed by atoms with Crippen molar-refractivity contribution in [1.82, 2.24) is 10.6 Å². The standard InChI is InChI=1S/C26H28N2O5/c29-24(27-13-16-12-21(16)25(30)31)23(11-15-9-10-15)28-26(32)33-14-22-19-7-3-1-5-17(19)18-6-2-4-8-20(18)22/h1-8,15-16,21-23H,9-14H2,(H,27,29)(H,28,32)(H,30,31)/t16?,21?,23-/m0/s1.